The molecular weight excluding hydrogens is 369 g/mol. The number of hydrogen-bond donors (Lipinski definition) is 0. The molecule has 0 amide bonds. The normalized spacial score (nSPS) is 25.9. The summed E-state index contributed by atoms with van der Waals surface area (Å²) in [4.78, 5) is 17.0. The van der Waals surface area contributed by atoms with Crippen LogP contribution in [0.25, 0.3) is 0 Å². The Morgan fingerprint density at radius 1 is 1.25 bits per heavy atom. The third kappa shape index (κ3) is 2.93. The summed E-state index contributed by atoms with van der Waals surface area (Å²) < 4.78 is 25.5. The molecule has 0 aliphatic carbocycles. The molecule has 0 spiro atoms. The van der Waals surface area contributed by atoms with Crippen molar-refractivity contribution in [1.82, 2.24) is 0 Å². The number of Topliss-reactive ketones (excluding diaryl/α,β-unsaturated/α-hetero) is 1. The van der Waals surface area contributed by atoms with Crippen molar-refractivity contribution in [3.63, 3.8) is 0 Å². The first-order chi connectivity index (χ1) is 11.2. The van der Waals surface area contributed by atoms with E-state index >= 15 is 0 Å². The number of carbonyl (C=O) groups excluding carboxylic acids is 1. The first kappa shape index (κ1) is 17.6. The van der Waals surface area contributed by atoms with E-state index in [2.05, 4.69) is 4.99 Å². The molecule has 128 valence electrons. The number of allylic oxidation sites excluding steroid dienone is 2. The van der Waals surface area contributed by atoms with Crippen molar-refractivity contribution in [2.45, 2.75) is 32.6 Å². The molecule has 1 aromatic rings. The van der Waals surface area contributed by atoms with Crippen LogP contribution in [0.5, 0.6) is 0 Å². The van der Waals surface area contributed by atoms with Crippen LogP contribution in [-0.2, 0) is 14.6 Å². The summed E-state index contributed by atoms with van der Waals surface area (Å²) in [7, 11) is -3.45. The van der Waals surface area contributed by atoms with E-state index in [1.165, 1.54) is 6.92 Å². The van der Waals surface area contributed by atoms with Crippen LogP contribution < -0.4 is 0 Å². The number of sulfone groups is 1. The molecule has 2 atom stereocenters. The van der Waals surface area contributed by atoms with E-state index in [0.717, 1.165) is 0 Å². The molecule has 0 N–H and O–H groups in total. The predicted molar refractivity (Wildman–Crippen MR) is 96.5 cm³/mol. The van der Waals surface area contributed by atoms with E-state index in [-0.39, 0.29) is 16.4 Å². The minimum absolute atomic E-state index is 0.0862. The van der Waals surface area contributed by atoms with Gasteiger partial charge in [0.2, 0.25) is 0 Å². The Morgan fingerprint density at radius 2 is 1.96 bits per heavy atom. The van der Waals surface area contributed by atoms with Gasteiger partial charge in [0.1, 0.15) is 5.78 Å². The largest absolute Gasteiger partial charge is 0.299 e. The topological polar surface area (TPSA) is 63.6 Å². The van der Waals surface area contributed by atoms with Crippen LogP contribution in [0, 0.1) is 5.92 Å². The second kappa shape index (κ2) is 6.28. The lowest BCUT2D eigenvalue weighted by Gasteiger charge is -2.34. The van der Waals surface area contributed by atoms with Gasteiger partial charge in [0.25, 0.3) is 0 Å². The zero-order chi connectivity index (χ0) is 17.6. The van der Waals surface area contributed by atoms with Crippen LogP contribution in [0.1, 0.15) is 38.2 Å². The van der Waals surface area contributed by atoms with Gasteiger partial charge < -0.3 is 0 Å². The van der Waals surface area contributed by atoms with Crippen LogP contribution >= 0.6 is 23.2 Å². The van der Waals surface area contributed by atoms with Crippen LogP contribution in [-0.4, -0.2) is 25.7 Å². The van der Waals surface area contributed by atoms with Crippen LogP contribution in [0.2, 0.25) is 10.0 Å². The maximum atomic E-state index is 12.7. The lowest BCUT2D eigenvalue weighted by atomic mass is 9.78. The van der Waals surface area contributed by atoms with Gasteiger partial charge >= 0.3 is 0 Å². The first-order valence-corrected chi connectivity index (χ1v) is 10.1. The fourth-order valence-electron chi connectivity index (χ4n) is 3.58. The zero-order valence-electron chi connectivity index (χ0n) is 13.3. The Morgan fingerprint density at radius 3 is 2.58 bits per heavy atom. The Balaban J connectivity index is 2.27. The lowest BCUT2D eigenvalue weighted by molar-refractivity contribution is -0.119. The summed E-state index contributed by atoms with van der Waals surface area (Å²) in [5, 5.41) is 0.730. The number of halogens is 2. The highest BCUT2D eigenvalue weighted by molar-refractivity contribution is 7.95. The highest BCUT2D eigenvalue weighted by atomic mass is 35.5. The third-order valence-corrected chi connectivity index (χ3v) is 7.29. The first-order valence-electron chi connectivity index (χ1n) is 7.69. The summed E-state index contributed by atoms with van der Waals surface area (Å²) >= 11 is 12.1. The monoisotopic (exact) mass is 385 g/mol. The lowest BCUT2D eigenvalue weighted by Crippen LogP contribution is -2.36. The molecule has 0 bridgehead atoms. The van der Waals surface area contributed by atoms with Gasteiger partial charge in [-0.2, -0.15) is 0 Å². The quantitative estimate of drug-likeness (QED) is 0.766. The number of nitrogens with zero attached hydrogens (tertiary/aromatic N) is 1. The third-order valence-electron chi connectivity index (χ3n) is 4.56. The standard InChI is InChI=1S/C17H17Cl2NO3S/c1-9-15(10(2)21)16(11-5-6-12(18)13(19)8-11)17-14(20-9)4-3-7-24(17,22)23/h5-6,8,15-16H,3-4,7H2,1-2H3. The van der Waals surface area contributed by atoms with E-state index in [0.29, 0.717) is 39.9 Å². The van der Waals surface area contributed by atoms with Crippen molar-refractivity contribution in [1.29, 1.82) is 0 Å². The summed E-state index contributed by atoms with van der Waals surface area (Å²) in [5.41, 5.74) is 1.90. The molecular formula is C17H17Cl2NO3S. The van der Waals surface area contributed by atoms with Crippen molar-refractivity contribution in [2.24, 2.45) is 10.9 Å². The van der Waals surface area contributed by atoms with Gasteiger partial charge in [-0.25, -0.2) is 8.42 Å². The summed E-state index contributed by atoms with van der Waals surface area (Å²) in [6.07, 6.45) is 1.16. The molecule has 2 aliphatic heterocycles. The fourth-order valence-corrected chi connectivity index (χ4v) is 5.80. The highest BCUT2D eigenvalue weighted by Gasteiger charge is 2.43. The molecule has 0 fully saturated rings. The fraction of sp³-hybridized carbons (Fsp3) is 0.412. The summed E-state index contributed by atoms with van der Waals surface area (Å²) in [5.74, 6) is -1.22. The van der Waals surface area contributed by atoms with Gasteiger partial charge in [0.05, 0.1) is 32.3 Å². The molecule has 3 rings (SSSR count). The number of rotatable bonds is 2. The van der Waals surface area contributed by atoms with E-state index in [4.69, 9.17) is 23.2 Å². The van der Waals surface area contributed by atoms with E-state index < -0.39 is 21.7 Å². The number of ketones is 1. The van der Waals surface area contributed by atoms with Crippen LogP contribution in [0.15, 0.2) is 33.8 Å². The Kier molecular flexibility index (Phi) is 4.62. The second-order valence-corrected chi connectivity index (χ2v) is 9.12. The van der Waals surface area contributed by atoms with Crippen molar-refractivity contribution in [3.05, 3.63) is 44.4 Å². The maximum Gasteiger partial charge on any atom is 0.177 e. The molecule has 2 unspecified atom stereocenters. The smallest absolute Gasteiger partial charge is 0.177 e. The maximum absolute atomic E-state index is 12.7. The van der Waals surface area contributed by atoms with Crippen molar-refractivity contribution in [3.8, 4) is 0 Å². The minimum atomic E-state index is -3.45. The Hall–Kier alpha value is -1.17. The van der Waals surface area contributed by atoms with Gasteiger partial charge in [-0.3, -0.25) is 9.79 Å². The molecule has 4 nitrogen and oxygen atoms in total. The van der Waals surface area contributed by atoms with E-state index in [1.54, 1.807) is 25.1 Å². The van der Waals surface area contributed by atoms with Gasteiger partial charge in [-0.15, -0.1) is 0 Å². The molecule has 2 heterocycles. The van der Waals surface area contributed by atoms with Gasteiger partial charge in [0, 0.05) is 11.6 Å². The Labute approximate surface area is 151 Å². The number of aliphatic imine (C=N–C) groups is 1. The average Bonchev–Trinajstić information content (AvgIpc) is 2.48. The van der Waals surface area contributed by atoms with Crippen molar-refractivity contribution in [2.75, 3.05) is 5.75 Å². The number of benzene rings is 1. The average molecular weight is 386 g/mol. The predicted octanol–water partition coefficient (Wildman–Crippen LogP) is 4.18. The minimum Gasteiger partial charge on any atom is -0.299 e. The highest BCUT2D eigenvalue weighted by Crippen LogP contribution is 2.46. The summed E-state index contributed by atoms with van der Waals surface area (Å²) in [6, 6.07) is 5.02. The molecule has 0 radical (unpaired) electrons. The van der Waals surface area contributed by atoms with Crippen molar-refractivity contribution < 1.29 is 13.2 Å². The zero-order valence-corrected chi connectivity index (χ0v) is 15.7. The van der Waals surface area contributed by atoms with Crippen LogP contribution in [0.4, 0.5) is 0 Å². The molecule has 24 heavy (non-hydrogen) atoms. The summed E-state index contributed by atoms with van der Waals surface area (Å²) in [6.45, 7) is 3.25. The Bertz CT molecular complexity index is 887. The van der Waals surface area contributed by atoms with Crippen molar-refractivity contribution >= 4 is 44.5 Å². The molecule has 2 aliphatic rings. The molecule has 0 aromatic heterocycles. The molecule has 0 saturated heterocycles. The van der Waals surface area contributed by atoms with Gasteiger partial charge in [0.15, 0.2) is 9.84 Å². The number of carbonyl (C=O) groups is 1. The van der Waals surface area contributed by atoms with E-state index in [9.17, 15) is 13.2 Å². The van der Waals surface area contributed by atoms with Gasteiger partial charge in [-0.05, 0) is 44.4 Å². The molecule has 1 aromatic carbocycles. The van der Waals surface area contributed by atoms with Crippen LogP contribution in [0.3, 0.4) is 0 Å². The van der Waals surface area contributed by atoms with Gasteiger partial charge in [-0.1, -0.05) is 29.3 Å². The molecule has 7 heteroatoms. The molecule has 0 saturated carbocycles. The SMILES string of the molecule is CC(=O)C1C(C)=NC2=C(C1c1ccc(Cl)c(Cl)c1)S(=O)(=O)CCC2. The number of hydrogen-bond acceptors (Lipinski definition) is 4. The van der Waals surface area contributed by atoms with E-state index in [1.807, 2.05) is 0 Å². The second-order valence-electron chi connectivity index (χ2n) is 6.23.